The van der Waals surface area contributed by atoms with Crippen LogP contribution in [0.25, 0.3) is 0 Å². The zero-order valence-corrected chi connectivity index (χ0v) is 11.2. The monoisotopic (exact) mass is 291 g/mol. The molecule has 1 aromatic heterocycles. The van der Waals surface area contributed by atoms with Gasteiger partial charge in [-0.25, -0.2) is 4.98 Å². The third-order valence-corrected chi connectivity index (χ3v) is 3.58. The summed E-state index contributed by atoms with van der Waals surface area (Å²) >= 11 is 3.52. The first-order valence-corrected chi connectivity index (χ1v) is 6.16. The summed E-state index contributed by atoms with van der Waals surface area (Å²) in [5, 5.41) is 3.27. The van der Waals surface area contributed by atoms with Crippen molar-refractivity contribution in [1.29, 1.82) is 0 Å². The average molecular weight is 292 g/mol. The Morgan fingerprint density at radius 3 is 2.82 bits per heavy atom. The largest absolute Gasteiger partial charge is 0.398 e. The molecule has 3 nitrogen and oxygen atoms in total. The van der Waals surface area contributed by atoms with Crippen LogP contribution in [0.5, 0.6) is 0 Å². The molecule has 4 heteroatoms. The molecule has 1 heterocycles. The van der Waals surface area contributed by atoms with E-state index in [1.165, 1.54) is 0 Å². The van der Waals surface area contributed by atoms with E-state index in [0.717, 1.165) is 27.1 Å². The van der Waals surface area contributed by atoms with Crippen molar-refractivity contribution in [3.8, 4) is 0 Å². The van der Waals surface area contributed by atoms with Crippen LogP contribution in [0.1, 0.15) is 11.1 Å². The van der Waals surface area contributed by atoms with Gasteiger partial charge in [-0.1, -0.05) is 18.2 Å². The number of rotatable bonds is 3. The van der Waals surface area contributed by atoms with E-state index in [1.54, 1.807) is 6.20 Å². The molecule has 0 aliphatic carbocycles. The maximum Gasteiger partial charge on any atom is 0.140 e. The van der Waals surface area contributed by atoms with Gasteiger partial charge in [0.25, 0.3) is 0 Å². The third kappa shape index (κ3) is 2.77. The first-order valence-electron chi connectivity index (χ1n) is 5.37. The summed E-state index contributed by atoms with van der Waals surface area (Å²) in [6, 6.07) is 9.78. The summed E-state index contributed by atoms with van der Waals surface area (Å²) in [4.78, 5) is 4.29. The minimum Gasteiger partial charge on any atom is -0.398 e. The number of aromatic nitrogens is 1. The Hall–Kier alpha value is -1.55. The number of nitrogens with two attached hydrogens (primary N) is 1. The van der Waals surface area contributed by atoms with E-state index in [0.29, 0.717) is 6.54 Å². The second-order valence-electron chi connectivity index (χ2n) is 3.84. The Labute approximate surface area is 109 Å². The van der Waals surface area contributed by atoms with Gasteiger partial charge in [0, 0.05) is 18.4 Å². The van der Waals surface area contributed by atoms with E-state index in [2.05, 4.69) is 26.2 Å². The number of para-hydroxylation sites is 1. The topological polar surface area (TPSA) is 50.9 Å². The standard InChI is InChI=1S/C13H14BrN3/c1-9-6-7-16-13(12(9)14)17-8-10-4-2-3-5-11(10)15/h2-7H,8,15H2,1H3,(H,16,17). The number of benzene rings is 1. The summed E-state index contributed by atoms with van der Waals surface area (Å²) in [5.41, 5.74) is 8.90. The second-order valence-corrected chi connectivity index (χ2v) is 4.64. The molecule has 3 N–H and O–H groups in total. The minimum atomic E-state index is 0.668. The fourth-order valence-electron chi connectivity index (χ4n) is 1.54. The molecule has 0 unspecified atom stereocenters. The lowest BCUT2D eigenvalue weighted by molar-refractivity contribution is 1.10. The van der Waals surface area contributed by atoms with Crippen LogP contribution < -0.4 is 11.1 Å². The van der Waals surface area contributed by atoms with Gasteiger partial charge in [-0.05, 0) is 46.1 Å². The maximum atomic E-state index is 5.88. The SMILES string of the molecule is Cc1ccnc(NCc2ccccc2N)c1Br. The Bertz CT molecular complexity index is 526. The van der Waals surface area contributed by atoms with Crippen LogP contribution in [0.3, 0.4) is 0 Å². The van der Waals surface area contributed by atoms with Crippen molar-refractivity contribution in [2.24, 2.45) is 0 Å². The molecule has 0 bridgehead atoms. The van der Waals surface area contributed by atoms with Gasteiger partial charge in [-0.2, -0.15) is 0 Å². The zero-order chi connectivity index (χ0) is 12.3. The van der Waals surface area contributed by atoms with Crippen LogP contribution in [0.4, 0.5) is 11.5 Å². The smallest absolute Gasteiger partial charge is 0.140 e. The van der Waals surface area contributed by atoms with Gasteiger partial charge in [-0.15, -0.1) is 0 Å². The molecule has 0 radical (unpaired) electrons. The highest BCUT2D eigenvalue weighted by molar-refractivity contribution is 9.10. The lowest BCUT2D eigenvalue weighted by atomic mass is 10.2. The fourth-order valence-corrected chi connectivity index (χ4v) is 1.91. The molecule has 88 valence electrons. The lowest BCUT2D eigenvalue weighted by Crippen LogP contribution is -2.04. The van der Waals surface area contributed by atoms with Gasteiger partial charge in [0.05, 0.1) is 4.47 Å². The molecule has 0 spiro atoms. The van der Waals surface area contributed by atoms with Gasteiger partial charge in [0.15, 0.2) is 0 Å². The molecular weight excluding hydrogens is 278 g/mol. The number of hydrogen-bond donors (Lipinski definition) is 2. The van der Waals surface area contributed by atoms with Crippen LogP contribution in [0, 0.1) is 6.92 Å². The van der Waals surface area contributed by atoms with Crippen LogP contribution in [-0.2, 0) is 6.54 Å². The van der Waals surface area contributed by atoms with E-state index in [4.69, 9.17) is 5.73 Å². The van der Waals surface area contributed by atoms with Crippen LogP contribution in [0.15, 0.2) is 41.0 Å². The minimum absolute atomic E-state index is 0.668. The van der Waals surface area contributed by atoms with Crippen molar-refractivity contribution in [3.63, 3.8) is 0 Å². The number of pyridine rings is 1. The molecule has 0 aliphatic heterocycles. The molecule has 0 saturated carbocycles. The zero-order valence-electron chi connectivity index (χ0n) is 9.57. The van der Waals surface area contributed by atoms with Crippen LogP contribution in [-0.4, -0.2) is 4.98 Å². The first kappa shape index (κ1) is 11.9. The number of nitrogens with one attached hydrogen (secondary N) is 1. The van der Waals surface area contributed by atoms with E-state index in [9.17, 15) is 0 Å². The number of aryl methyl sites for hydroxylation is 1. The molecule has 0 aliphatic rings. The van der Waals surface area contributed by atoms with E-state index >= 15 is 0 Å². The quantitative estimate of drug-likeness (QED) is 0.853. The summed E-state index contributed by atoms with van der Waals surface area (Å²) in [5.74, 6) is 0.841. The molecular formula is C13H14BrN3. The molecule has 2 aromatic rings. The lowest BCUT2D eigenvalue weighted by Gasteiger charge is -2.10. The molecule has 0 saturated heterocycles. The molecule has 2 rings (SSSR count). The van der Waals surface area contributed by atoms with E-state index < -0.39 is 0 Å². The maximum absolute atomic E-state index is 5.88. The fraction of sp³-hybridized carbons (Fsp3) is 0.154. The summed E-state index contributed by atoms with van der Waals surface area (Å²) < 4.78 is 0.995. The summed E-state index contributed by atoms with van der Waals surface area (Å²) in [6.07, 6.45) is 1.79. The average Bonchev–Trinajstić information content (AvgIpc) is 2.33. The van der Waals surface area contributed by atoms with Crippen LogP contribution >= 0.6 is 15.9 Å². The molecule has 0 atom stereocenters. The summed E-state index contributed by atoms with van der Waals surface area (Å²) in [6.45, 7) is 2.70. The number of nitrogen functional groups attached to an aromatic ring is 1. The highest BCUT2D eigenvalue weighted by Gasteiger charge is 2.04. The highest BCUT2D eigenvalue weighted by atomic mass is 79.9. The Kier molecular flexibility index (Phi) is 3.64. The Balaban J connectivity index is 2.13. The Morgan fingerprint density at radius 2 is 2.06 bits per heavy atom. The van der Waals surface area contributed by atoms with E-state index in [-0.39, 0.29) is 0 Å². The van der Waals surface area contributed by atoms with Crippen molar-refractivity contribution >= 4 is 27.4 Å². The van der Waals surface area contributed by atoms with Crippen molar-refractivity contribution in [1.82, 2.24) is 4.98 Å². The van der Waals surface area contributed by atoms with Gasteiger partial charge in [0.2, 0.25) is 0 Å². The molecule has 0 fully saturated rings. The second kappa shape index (κ2) is 5.19. The predicted molar refractivity (Wildman–Crippen MR) is 74.9 cm³/mol. The van der Waals surface area contributed by atoms with Crippen LogP contribution in [0.2, 0.25) is 0 Å². The molecule has 0 amide bonds. The van der Waals surface area contributed by atoms with Gasteiger partial charge >= 0.3 is 0 Å². The number of halogens is 1. The predicted octanol–water partition coefficient (Wildman–Crippen LogP) is 3.35. The van der Waals surface area contributed by atoms with Crippen molar-refractivity contribution in [3.05, 3.63) is 52.1 Å². The van der Waals surface area contributed by atoms with Gasteiger partial charge in [-0.3, -0.25) is 0 Å². The van der Waals surface area contributed by atoms with Crippen molar-refractivity contribution in [2.75, 3.05) is 11.1 Å². The normalized spacial score (nSPS) is 10.2. The molecule has 17 heavy (non-hydrogen) atoms. The first-order chi connectivity index (χ1) is 8.18. The third-order valence-electron chi connectivity index (χ3n) is 2.58. The Morgan fingerprint density at radius 1 is 1.29 bits per heavy atom. The number of hydrogen-bond acceptors (Lipinski definition) is 3. The number of anilines is 2. The van der Waals surface area contributed by atoms with Gasteiger partial charge in [0.1, 0.15) is 5.82 Å². The van der Waals surface area contributed by atoms with E-state index in [1.807, 2.05) is 37.3 Å². The van der Waals surface area contributed by atoms with Gasteiger partial charge < -0.3 is 11.1 Å². The number of nitrogens with zero attached hydrogens (tertiary/aromatic N) is 1. The van der Waals surface area contributed by atoms with Crippen molar-refractivity contribution < 1.29 is 0 Å². The highest BCUT2D eigenvalue weighted by Crippen LogP contribution is 2.24. The van der Waals surface area contributed by atoms with Crippen molar-refractivity contribution in [2.45, 2.75) is 13.5 Å². The summed E-state index contributed by atoms with van der Waals surface area (Å²) in [7, 11) is 0. The molecule has 1 aromatic carbocycles.